The summed E-state index contributed by atoms with van der Waals surface area (Å²) in [7, 11) is 0. The fourth-order valence-corrected chi connectivity index (χ4v) is 3.51. The third-order valence-corrected chi connectivity index (χ3v) is 5.29. The number of aryl methyl sites for hydroxylation is 2. The van der Waals surface area contributed by atoms with Crippen LogP contribution < -0.4 is 10.2 Å². The Labute approximate surface area is 176 Å². The van der Waals surface area contributed by atoms with E-state index in [0.717, 1.165) is 42.4 Å². The van der Waals surface area contributed by atoms with E-state index in [-0.39, 0.29) is 5.91 Å². The first-order chi connectivity index (χ1) is 14.6. The lowest BCUT2D eigenvalue weighted by Gasteiger charge is -2.35. The Bertz CT molecular complexity index is 995. The number of anilines is 3. The molecule has 0 atom stereocenters. The van der Waals surface area contributed by atoms with E-state index in [1.54, 1.807) is 0 Å². The van der Waals surface area contributed by atoms with Gasteiger partial charge in [-0.05, 0) is 55.3 Å². The highest BCUT2D eigenvalue weighted by Gasteiger charge is 2.23. The van der Waals surface area contributed by atoms with Crippen LogP contribution in [-0.4, -0.2) is 52.2 Å². The summed E-state index contributed by atoms with van der Waals surface area (Å²) in [6, 6.07) is 17.6. The van der Waals surface area contributed by atoms with Crippen LogP contribution in [0.15, 0.2) is 54.6 Å². The Hall–Kier alpha value is -3.48. The number of nitrogens with zero attached hydrogens (tertiary/aromatic N) is 5. The second-order valence-electron chi connectivity index (χ2n) is 7.40. The fourth-order valence-electron chi connectivity index (χ4n) is 3.51. The van der Waals surface area contributed by atoms with Crippen LogP contribution in [0.5, 0.6) is 0 Å². The van der Waals surface area contributed by atoms with Gasteiger partial charge in [0.2, 0.25) is 0 Å². The number of aromatic nitrogens is 3. The molecule has 1 saturated heterocycles. The van der Waals surface area contributed by atoms with Crippen LogP contribution in [0, 0.1) is 6.92 Å². The molecule has 1 aliphatic rings. The van der Waals surface area contributed by atoms with E-state index < -0.39 is 0 Å². The first-order valence-electron chi connectivity index (χ1n) is 10.3. The zero-order valence-electron chi connectivity index (χ0n) is 17.4. The standard InChI is InChI=1S/C23H26N6O/c1-3-18-7-9-19(10-8-18)23(30)29-15-13-28(14-16-29)22-12-11-21(26-27-22)25-20-6-4-5-17(2)24-20/h4-12H,3,13-16H2,1-2H3,(H,24,25,26). The van der Waals surface area contributed by atoms with Gasteiger partial charge in [0.1, 0.15) is 5.82 Å². The monoisotopic (exact) mass is 402 g/mol. The predicted octanol–water partition coefficient (Wildman–Crippen LogP) is 3.45. The average Bonchev–Trinajstić information content (AvgIpc) is 2.79. The Balaban J connectivity index is 1.33. The molecule has 2 aromatic heterocycles. The molecule has 4 rings (SSSR count). The highest BCUT2D eigenvalue weighted by molar-refractivity contribution is 5.94. The van der Waals surface area contributed by atoms with Gasteiger partial charge in [0.25, 0.3) is 5.91 Å². The average molecular weight is 403 g/mol. The van der Waals surface area contributed by atoms with E-state index in [0.29, 0.717) is 18.9 Å². The van der Waals surface area contributed by atoms with Crippen molar-refractivity contribution < 1.29 is 4.79 Å². The molecule has 0 bridgehead atoms. The fraction of sp³-hybridized carbons (Fsp3) is 0.304. The zero-order chi connectivity index (χ0) is 20.9. The number of benzene rings is 1. The number of hydrogen-bond acceptors (Lipinski definition) is 6. The van der Waals surface area contributed by atoms with Gasteiger partial charge >= 0.3 is 0 Å². The Morgan fingerprint density at radius 1 is 0.933 bits per heavy atom. The van der Waals surface area contributed by atoms with Gasteiger partial charge < -0.3 is 15.1 Å². The summed E-state index contributed by atoms with van der Waals surface area (Å²) in [5.41, 5.74) is 2.94. The van der Waals surface area contributed by atoms with Crippen molar-refractivity contribution in [1.82, 2.24) is 20.1 Å². The van der Waals surface area contributed by atoms with E-state index in [1.807, 2.05) is 66.4 Å². The largest absolute Gasteiger partial charge is 0.352 e. The molecule has 0 spiro atoms. The number of carbonyl (C=O) groups excluding carboxylic acids is 1. The molecule has 0 aliphatic carbocycles. The highest BCUT2D eigenvalue weighted by Crippen LogP contribution is 2.18. The minimum atomic E-state index is 0.0913. The van der Waals surface area contributed by atoms with Crippen molar-refractivity contribution in [2.75, 3.05) is 36.4 Å². The molecule has 7 nitrogen and oxygen atoms in total. The van der Waals surface area contributed by atoms with Crippen molar-refractivity contribution in [3.63, 3.8) is 0 Å². The number of hydrogen-bond donors (Lipinski definition) is 1. The molecule has 1 N–H and O–H groups in total. The van der Waals surface area contributed by atoms with Crippen molar-refractivity contribution in [3.8, 4) is 0 Å². The van der Waals surface area contributed by atoms with Gasteiger partial charge in [-0.1, -0.05) is 25.1 Å². The first kappa shape index (κ1) is 19.8. The third kappa shape index (κ3) is 4.56. The van der Waals surface area contributed by atoms with E-state index >= 15 is 0 Å². The molecule has 3 heterocycles. The minimum absolute atomic E-state index is 0.0913. The minimum Gasteiger partial charge on any atom is -0.352 e. The lowest BCUT2D eigenvalue weighted by atomic mass is 10.1. The van der Waals surface area contributed by atoms with Crippen LogP contribution in [0.1, 0.15) is 28.5 Å². The maximum atomic E-state index is 12.7. The van der Waals surface area contributed by atoms with E-state index in [9.17, 15) is 4.79 Å². The van der Waals surface area contributed by atoms with Crippen LogP contribution in [0.2, 0.25) is 0 Å². The summed E-state index contributed by atoms with van der Waals surface area (Å²) in [5, 5.41) is 11.8. The molecule has 30 heavy (non-hydrogen) atoms. The van der Waals surface area contributed by atoms with Gasteiger partial charge in [-0.2, -0.15) is 0 Å². The molecule has 1 aromatic carbocycles. The maximum Gasteiger partial charge on any atom is 0.253 e. The third-order valence-electron chi connectivity index (χ3n) is 5.29. The number of pyridine rings is 1. The van der Waals surface area contributed by atoms with Crippen molar-refractivity contribution in [2.45, 2.75) is 20.3 Å². The molecule has 7 heteroatoms. The molecular weight excluding hydrogens is 376 g/mol. The number of amides is 1. The number of carbonyl (C=O) groups is 1. The van der Waals surface area contributed by atoms with E-state index in [1.165, 1.54) is 5.56 Å². The summed E-state index contributed by atoms with van der Waals surface area (Å²) in [6.07, 6.45) is 0.976. The molecule has 3 aromatic rings. The molecule has 0 radical (unpaired) electrons. The zero-order valence-corrected chi connectivity index (χ0v) is 17.4. The van der Waals surface area contributed by atoms with Gasteiger partial charge in [0.05, 0.1) is 0 Å². The van der Waals surface area contributed by atoms with Crippen LogP contribution in [0.4, 0.5) is 17.5 Å². The van der Waals surface area contributed by atoms with Gasteiger partial charge in [-0.3, -0.25) is 4.79 Å². The van der Waals surface area contributed by atoms with Crippen molar-refractivity contribution >= 4 is 23.4 Å². The Morgan fingerprint density at radius 2 is 1.70 bits per heavy atom. The summed E-state index contributed by atoms with van der Waals surface area (Å²) in [5.74, 6) is 2.31. The lowest BCUT2D eigenvalue weighted by molar-refractivity contribution is 0.0746. The molecule has 1 aliphatic heterocycles. The van der Waals surface area contributed by atoms with Crippen LogP contribution in [-0.2, 0) is 6.42 Å². The molecule has 1 amide bonds. The first-order valence-corrected chi connectivity index (χ1v) is 10.3. The number of nitrogens with one attached hydrogen (secondary N) is 1. The second kappa shape index (κ2) is 8.90. The Kier molecular flexibility index (Phi) is 5.88. The molecule has 154 valence electrons. The van der Waals surface area contributed by atoms with Gasteiger partial charge in [-0.15, -0.1) is 10.2 Å². The molecule has 0 unspecified atom stereocenters. The van der Waals surface area contributed by atoms with Crippen LogP contribution >= 0.6 is 0 Å². The Morgan fingerprint density at radius 3 is 2.33 bits per heavy atom. The van der Waals surface area contributed by atoms with E-state index in [4.69, 9.17) is 0 Å². The van der Waals surface area contributed by atoms with Crippen LogP contribution in [0.3, 0.4) is 0 Å². The van der Waals surface area contributed by atoms with Gasteiger partial charge in [-0.25, -0.2) is 4.98 Å². The SMILES string of the molecule is CCc1ccc(C(=O)N2CCN(c3ccc(Nc4cccc(C)n4)nn3)CC2)cc1. The van der Waals surface area contributed by atoms with Crippen molar-refractivity contribution in [1.29, 1.82) is 0 Å². The summed E-state index contributed by atoms with van der Waals surface area (Å²) in [6.45, 7) is 6.87. The number of rotatable bonds is 5. The molecule has 0 saturated carbocycles. The van der Waals surface area contributed by atoms with Crippen molar-refractivity contribution in [3.05, 3.63) is 71.4 Å². The summed E-state index contributed by atoms with van der Waals surface area (Å²) in [4.78, 5) is 21.2. The topological polar surface area (TPSA) is 74.2 Å². The summed E-state index contributed by atoms with van der Waals surface area (Å²) >= 11 is 0. The predicted molar refractivity (Wildman–Crippen MR) is 118 cm³/mol. The maximum absolute atomic E-state index is 12.7. The normalized spacial score (nSPS) is 13.9. The van der Waals surface area contributed by atoms with Crippen LogP contribution in [0.25, 0.3) is 0 Å². The smallest absolute Gasteiger partial charge is 0.253 e. The van der Waals surface area contributed by atoms with Gasteiger partial charge in [0.15, 0.2) is 11.6 Å². The molecule has 1 fully saturated rings. The lowest BCUT2D eigenvalue weighted by Crippen LogP contribution is -2.49. The summed E-state index contributed by atoms with van der Waals surface area (Å²) < 4.78 is 0. The highest BCUT2D eigenvalue weighted by atomic mass is 16.2. The number of piperazine rings is 1. The van der Waals surface area contributed by atoms with Gasteiger partial charge in [0, 0.05) is 37.4 Å². The van der Waals surface area contributed by atoms with Crippen molar-refractivity contribution in [2.24, 2.45) is 0 Å². The molecular formula is C23H26N6O. The van der Waals surface area contributed by atoms with E-state index in [2.05, 4.69) is 32.3 Å². The second-order valence-corrected chi connectivity index (χ2v) is 7.40. The quantitative estimate of drug-likeness (QED) is 0.705.